The number of hydrogen-bond acceptors (Lipinski definition) is 6. The van der Waals surface area contributed by atoms with Crippen LogP contribution in [0.4, 0.5) is 5.69 Å². The van der Waals surface area contributed by atoms with Gasteiger partial charge in [-0.2, -0.15) is 0 Å². The number of para-hydroxylation sites is 1. The molecule has 2 fully saturated rings. The zero-order chi connectivity index (χ0) is 21.6. The van der Waals surface area contributed by atoms with Crippen LogP contribution in [-0.4, -0.2) is 63.9 Å². The number of aromatic nitrogens is 2. The molecule has 8 nitrogen and oxygen atoms in total. The lowest BCUT2D eigenvalue weighted by Crippen LogP contribution is -2.47. The number of likely N-dealkylation sites (tertiary alicyclic amines) is 2. The van der Waals surface area contributed by atoms with Gasteiger partial charge < -0.3 is 15.1 Å². The monoisotopic (exact) mass is 441 g/mol. The number of nitrogens with one attached hydrogen (secondary N) is 1. The van der Waals surface area contributed by atoms with E-state index in [2.05, 4.69) is 15.5 Å². The van der Waals surface area contributed by atoms with Gasteiger partial charge in [0, 0.05) is 31.9 Å². The van der Waals surface area contributed by atoms with Crippen LogP contribution in [0.5, 0.6) is 0 Å². The van der Waals surface area contributed by atoms with Gasteiger partial charge in [-0.05, 0) is 37.8 Å². The highest BCUT2D eigenvalue weighted by molar-refractivity contribution is 7.15. The van der Waals surface area contributed by atoms with Gasteiger partial charge in [0.2, 0.25) is 15.9 Å². The third-order valence-corrected chi connectivity index (χ3v) is 6.72. The van der Waals surface area contributed by atoms with Crippen molar-refractivity contribution < 1.29 is 14.4 Å². The quantitative estimate of drug-likeness (QED) is 0.787. The second-order valence-corrected chi connectivity index (χ2v) is 9.04. The Morgan fingerprint density at radius 3 is 2.29 bits per heavy atom. The van der Waals surface area contributed by atoms with Gasteiger partial charge >= 0.3 is 0 Å². The lowest BCUT2D eigenvalue weighted by molar-refractivity contribution is -0.136. The van der Waals surface area contributed by atoms with Crippen molar-refractivity contribution >= 4 is 34.7 Å². The normalized spacial score (nSPS) is 19.5. The van der Waals surface area contributed by atoms with Crippen molar-refractivity contribution in [1.29, 1.82) is 0 Å². The Kier molecular flexibility index (Phi) is 6.91. The summed E-state index contributed by atoms with van der Waals surface area (Å²) in [5.41, 5.74) is 0.654. The highest BCUT2D eigenvalue weighted by Crippen LogP contribution is 2.23. The zero-order valence-electron chi connectivity index (χ0n) is 17.5. The highest BCUT2D eigenvalue weighted by atomic mass is 32.1. The van der Waals surface area contributed by atoms with Crippen LogP contribution < -0.4 is 5.32 Å². The second-order valence-electron chi connectivity index (χ2n) is 8.06. The molecule has 0 spiro atoms. The number of benzene rings is 1. The van der Waals surface area contributed by atoms with Crippen molar-refractivity contribution in [2.75, 3.05) is 31.5 Å². The van der Waals surface area contributed by atoms with Crippen LogP contribution >= 0.6 is 11.3 Å². The minimum absolute atomic E-state index is 0.140. The maximum absolute atomic E-state index is 13.0. The fraction of sp³-hybridized carbons (Fsp3) is 0.500. The maximum atomic E-state index is 13.0. The first-order chi connectivity index (χ1) is 15.1. The molecule has 0 unspecified atom stereocenters. The Hall–Kier alpha value is -2.81. The van der Waals surface area contributed by atoms with E-state index in [1.807, 2.05) is 23.1 Å². The maximum Gasteiger partial charge on any atom is 0.286 e. The van der Waals surface area contributed by atoms with E-state index in [9.17, 15) is 14.4 Å². The van der Waals surface area contributed by atoms with E-state index >= 15 is 0 Å². The number of piperidine rings is 1. The summed E-state index contributed by atoms with van der Waals surface area (Å²) < 4.78 is 0. The molecule has 1 aromatic carbocycles. The van der Waals surface area contributed by atoms with E-state index in [-0.39, 0.29) is 27.7 Å². The second kappa shape index (κ2) is 10.00. The third-order valence-electron chi connectivity index (χ3n) is 5.81. The minimum atomic E-state index is -0.393. The van der Waals surface area contributed by atoms with Gasteiger partial charge in [-0.1, -0.05) is 42.4 Å². The largest absolute Gasteiger partial charge is 0.342 e. The number of carbonyl (C=O) groups is 3. The van der Waals surface area contributed by atoms with Crippen molar-refractivity contribution in [1.82, 2.24) is 20.0 Å². The molecule has 0 aliphatic carbocycles. The Morgan fingerprint density at radius 2 is 1.55 bits per heavy atom. The standard InChI is InChI=1S/C22H27N5O3S/c28-18(23-17-10-4-3-5-11-17)19-24-25-20(31-19)22(30)27-14-8-9-16(15-27)21(29)26-12-6-1-2-7-13-26/h3-5,10-11,16H,1-2,6-9,12-15H2,(H,23,28)/t16-/m0/s1. The third kappa shape index (κ3) is 5.28. The topological polar surface area (TPSA) is 95.5 Å². The summed E-state index contributed by atoms with van der Waals surface area (Å²) in [6.07, 6.45) is 6.06. The number of carbonyl (C=O) groups excluding carboxylic acids is 3. The molecule has 2 aromatic rings. The SMILES string of the molecule is O=C(Nc1ccccc1)c1nnc(C(=O)N2CCC[C@H](C(=O)N3CCCCCC3)C2)s1. The number of amides is 3. The molecule has 164 valence electrons. The van der Waals surface area contributed by atoms with E-state index in [1.165, 1.54) is 12.8 Å². The highest BCUT2D eigenvalue weighted by Gasteiger charge is 2.33. The van der Waals surface area contributed by atoms with Gasteiger partial charge in [-0.15, -0.1) is 10.2 Å². The Morgan fingerprint density at radius 1 is 0.871 bits per heavy atom. The van der Waals surface area contributed by atoms with Crippen molar-refractivity contribution in [3.05, 3.63) is 40.3 Å². The summed E-state index contributed by atoms with van der Waals surface area (Å²) in [6, 6.07) is 9.07. The van der Waals surface area contributed by atoms with Crippen LogP contribution in [0.15, 0.2) is 30.3 Å². The molecule has 2 aliphatic rings. The molecule has 31 heavy (non-hydrogen) atoms. The summed E-state index contributed by atoms with van der Waals surface area (Å²) in [6.45, 7) is 2.63. The van der Waals surface area contributed by atoms with Gasteiger partial charge in [-0.25, -0.2) is 0 Å². The summed E-state index contributed by atoms with van der Waals surface area (Å²) >= 11 is 0.982. The first kappa shape index (κ1) is 21.4. The van der Waals surface area contributed by atoms with Gasteiger partial charge in [-0.3, -0.25) is 14.4 Å². The molecular weight excluding hydrogens is 414 g/mol. The van der Waals surface area contributed by atoms with Gasteiger partial charge in [0.05, 0.1) is 5.92 Å². The molecule has 0 radical (unpaired) electrons. The first-order valence-electron chi connectivity index (χ1n) is 10.9. The van der Waals surface area contributed by atoms with Crippen LogP contribution in [-0.2, 0) is 4.79 Å². The Balaban J connectivity index is 1.37. The van der Waals surface area contributed by atoms with Gasteiger partial charge in [0.15, 0.2) is 0 Å². The number of rotatable bonds is 4. The fourth-order valence-corrected chi connectivity index (χ4v) is 4.86. The molecule has 1 aromatic heterocycles. The summed E-state index contributed by atoms with van der Waals surface area (Å²) in [4.78, 5) is 42.0. The number of nitrogens with zero attached hydrogens (tertiary/aromatic N) is 4. The molecule has 0 saturated carbocycles. The van der Waals surface area contributed by atoms with Crippen molar-refractivity contribution in [3.8, 4) is 0 Å². The number of anilines is 1. The predicted molar refractivity (Wildman–Crippen MR) is 118 cm³/mol. The molecule has 3 heterocycles. The van der Waals surface area contributed by atoms with Crippen LogP contribution in [0.25, 0.3) is 0 Å². The van der Waals surface area contributed by atoms with E-state index in [4.69, 9.17) is 0 Å². The summed E-state index contributed by atoms with van der Waals surface area (Å²) in [5, 5.41) is 10.9. The van der Waals surface area contributed by atoms with Crippen LogP contribution in [0.1, 0.15) is 58.1 Å². The minimum Gasteiger partial charge on any atom is -0.342 e. The summed E-state index contributed by atoms with van der Waals surface area (Å²) in [5.74, 6) is -0.649. The molecule has 0 bridgehead atoms. The van der Waals surface area contributed by atoms with Gasteiger partial charge in [0.1, 0.15) is 0 Å². The Bertz CT molecular complexity index is 924. The lowest BCUT2D eigenvalue weighted by atomic mass is 9.96. The Labute approximate surface area is 185 Å². The fourth-order valence-electron chi connectivity index (χ4n) is 4.16. The van der Waals surface area contributed by atoms with Crippen LogP contribution in [0, 0.1) is 5.92 Å². The van der Waals surface area contributed by atoms with Crippen molar-refractivity contribution in [3.63, 3.8) is 0 Å². The van der Waals surface area contributed by atoms with Crippen molar-refractivity contribution in [2.45, 2.75) is 38.5 Å². The van der Waals surface area contributed by atoms with Crippen molar-refractivity contribution in [2.24, 2.45) is 5.92 Å². The molecule has 9 heteroatoms. The average molecular weight is 442 g/mol. The zero-order valence-corrected chi connectivity index (χ0v) is 18.3. The molecule has 1 atom stereocenters. The van der Waals surface area contributed by atoms with Crippen LogP contribution in [0.3, 0.4) is 0 Å². The molecule has 2 aliphatic heterocycles. The van der Waals surface area contributed by atoms with Crippen LogP contribution in [0.2, 0.25) is 0 Å². The van der Waals surface area contributed by atoms with E-state index < -0.39 is 5.91 Å². The first-order valence-corrected chi connectivity index (χ1v) is 11.7. The summed E-state index contributed by atoms with van der Waals surface area (Å²) in [7, 11) is 0. The average Bonchev–Trinajstić information content (AvgIpc) is 3.15. The van der Waals surface area contributed by atoms with E-state index in [1.54, 1.807) is 17.0 Å². The predicted octanol–water partition coefficient (Wildman–Crippen LogP) is 3.05. The molecule has 3 amide bonds. The van der Waals surface area contributed by atoms with Gasteiger partial charge in [0.25, 0.3) is 11.8 Å². The molecule has 4 rings (SSSR count). The van der Waals surface area contributed by atoms with E-state index in [0.717, 1.165) is 50.1 Å². The molecule has 1 N–H and O–H groups in total. The molecular formula is C22H27N5O3S. The smallest absolute Gasteiger partial charge is 0.286 e. The van der Waals surface area contributed by atoms with E-state index in [0.29, 0.717) is 18.8 Å². The molecule has 2 saturated heterocycles. The number of hydrogen-bond donors (Lipinski definition) is 1. The lowest BCUT2D eigenvalue weighted by Gasteiger charge is -2.34.